The van der Waals surface area contributed by atoms with Gasteiger partial charge in [-0.3, -0.25) is 14.4 Å². The van der Waals surface area contributed by atoms with Crippen LogP contribution in [0.1, 0.15) is 38.3 Å². The van der Waals surface area contributed by atoms with Crippen molar-refractivity contribution in [1.82, 2.24) is 15.1 Å². The quantitative estimate of drug-likeness (QED) is 0.403. The molecule has 210 valence electrons. The first-order chi connectivity index (χ1) is 19.0. The highest BCUT2D eigenvalue weighted by Gasteiger charge is 2.38. The molecule has 0 aromatic heterocycles. The zero-order valence-electron chi connectivity index (χ0n) is 23.9. The summed E-state index contributed by atoms with van der Waals surface area (Å²) in [7, 11) is 1.67. The minimum Gasteiger partial charge on any atom is -0.353 e. The Morgan fingerprint density at radius 1 is 1.05 bits per heavy atom. The van der Waals surface area contributed by atoms with E-state index in [1.165, 1.54) is 4.90 Å². The van der Waals surface area contributed by atoms with E-state index in [4.69, 9.17) is 5.73 Å². The van der Waals surface area contributed by atoms with E-state index in [1.807, 2.05) is 87.5 Å². The molecule has 1 heterocycles. The number of piperazine rings is 1. The number of amides is 3. The molecular weight excluding hydrogens is 500 g/mol. The number of likely N-dealkylation sites (N-methyl/N-ethyl adjacent to an activating group) is 1. The number of hydrogen-bond donors (Lipinski definition) is 2. The Kier molecular flexibility index (Phi) is 9.05. The van der Waals surface area contributed by atoms with Crippen LogP contribution in [-0.2, 0) is 27.2 Å². The Bertz CT molecular complexity index is 1390. The number of carbonyl (C=O) groups is 3. The number of nitrogens with one attached hydrogen (secondary N) is 1. The van der Waals surface area contributed by atoms with Crippen molar-refractivity contribution < 1.29 is 14.4 Å². The molecule has 3 N–H and O–H groups in total. The van der Waals surface area contributed by atoms with Crippen molar-refractivity contribution in [2.24, 2.45) is 5.73 Å². The van der Waals surface area contributed by atoms with Gasteiger partial charge in [-0.1, -0.05) is 78.4 Å². The summed E-state index contributed by atoms with van der Waals surface area (Å²) in [5, 5.41) is 5.09. The second-order valence-electron chi connectivity index (χ2n) is 11.5. The first-order valence-electron chi connectivity index (χ1n) is 13.8. The van der Waals surface area contributed by atoms with E-state index in [2.05, 4.69) is 11.4 Å². The summed E-state index contributed by atoms with van der Waals surface area (Å²) in [4.78, 5) is 43.9. The van der Waals surface area contributed by atoms with Gasteiger partial charge in [0.1, 0.15) is 12.1 Å². The van der Waals surface area contributed by atoms with Crippen molar-refractivity contribution in [2.75, 3.05) is 20.1 Å². The molecule has 3 aromatic carbocycles. The number of hydrogen-bond acceptors (Lipinski definition) is 4. The van der Waals surface area contributed by atoms with E-state index in [-0.39, 0.29) is 17.7 Å². The molecule has 2 atom stereocenters. The minimum absolute atomic E-state index is 0.178. The van der Waals surface area contributed by atoms with E-state index in [1.54, 1.807) is 18.0 Å². The third-order valence-electron chi connectivity index (χ3n) is 7.33. The third kappa shape index (κ3) is 7.36. The van der Waals surface area contributed by atoms with Crippen LogP contribution < -0.4 is 11.1 Å². The van der Waals surface area contributed by atoms with Gasteiger partial charge in [0.2, 0.25) is 17.7 Å². The van der Waals surface area contributed by atoms with E-state index < -0.39 is 17.6 Å². The number of rotatable bonds is 9. The second-order valence-corrected chi connectivity index (χ2v) is 11.5. The lowest BCUT2D eigenvalue weighted by Gasteiger charge is -2.39. The van der Waals surface area contributed by atoms with E-state index in [0.717, 1.165) is 27.5 Å². The monoisotopic (exact) mass is 540 g/mol. The summed E-state index contributed by atoms with van der Waals surface area (Å²) >= 11 is 0. The maximum Gasteiger partial charge on any atom is 0.246 e. The predicted molar refractivity (Wildman–Crippen MR) is 160 cm³/mol. The van der Waals surface area contributed by atoms with Gasteiger partial charge in [0, 0.05) is 44.6 Å². The van der Waals surface area contributed by atoms with Crippen molar-refractivity contribution in [3.63, 3.8) is 0 Å². The van der Waals surface area contributed by atoms with Gasteiger partial charge >= 0.3 is 0 Å². The summed E-state index contributed by atoms with van der Waals surface area (Å²) < 4.78 is 0. The molecule has 1 fully saturated rings. The van der Waals surface area contributed by atoms with Gasteiger partial charge in [0.25, 0.3) is 0 Å². The van der Waals surface area contributed by atoms with Crippen LogP contribution in [0.3, 0.4) is 0 Å². The normalized spacial score (nSPS) is 16.9. The van der Waals surface area contributed by atoms with Crippen molar-refractivity contribution in [2.45, 2.75) is 57.7 Å². The largest absolute Gasteiger partial charge is 0.353 e. The van der Waals surface area contributed by atoms with Crippen LogP contribution >= 0.6 is 0 Å². The molecular formula is C33H40N4O3. The molecule has 0 saturated carbocycles. The molecule has 7 heteroatoms. The number of nitrogens with zero attached hydrogens (tertiary/aromatic N) is 2. The fourth-order valence-electron chi connectivity index (χ4n) is 5.42. The number of nitrogens with two attached hydrogens (primary N) is 1. The first kappa shape index (κ1) is 29.0. The summed E-state index contributed by atoms with van der Waals surface area (Å²) in [5.41, 5.74) is 8.48. The maximum absolute atomic E-state index is 14.3. The van der Waals surface area contributed by atoms with Crippen molar-refractivity contribution in [1.29, 1.82) is 0 Å². The van der Waals surface area contributed by atoms with E-state index in [0.29, 0.717) is 32.4 Å². The van der Waals surface area contributed by atoms with Crippen LogP contribution in [0.5, 0.6) is 0 Å². The SMILES string of the molecule is C/C(=C\C(=O)N(C)[C@H](Cc1ccc2ccccc2c1)C(=O)N1CCNC(=O)[C@H]1Cc1ccccc1)CC(C)(C)N. The second kappa shape index (κ2) is 12.5. The Labute approximate surface area is 237 Å². The lowest BCUT2D eigenvalue weighted by molar-refractivity contribution is -0.149. The van der Waals surface area contributed by atoms with Gasteiger partial charge < -0.3 is 20.9 Å². The van der Waals surface area contributed by atoms with Crippen molar-refractivity contribution in [3.8, 4) is 0 Å². The smallest absolute Gasteiger partial charge is 0.246 e. The zero-order chi connectivity index (χ0) is 28.9. The lowest BCUT2D eigenvalue weighted by atomic mass is 9.96. The molecule has 0 radical (unpaired) electrons. The van der Waals surface area contributed by atoms with E-state index >= 15 is 0 Å². The molecule has 1 aliphatic rings. The third-order valence-corrected chi connectivity index (χ3v) is 7.33. The number of fused-ring (bicyclic) bond motifs is 1. The van der Waals surface area contributed by atoms with Gasteiger partial charge in [-0.05, 0) is 49.1 Å². The highest BCUT2D eigenvalue weighted by atomic mass is 16.2. The van der Waals surface area contributed by atoms with E-state index in [9.17, 15) is 14.4 Å². The summed E-state index contributed by atoms with van der Waals surface area (Å²) in [6.07, 6.45) is 2.86. The highest BCUT2D eigenvalue weighted by molar-refractivity contribution is 5.96. The lowest BCUT2D eigenvalue weighted by Crippen LogP contribution is -2.62. The van der Waals surface area contributed by atoms with Crippen LogP contribution in [0.2, 0.25) is 0 Å². The van der Waals surface area contributed by atoms with Gasteiger partial charge in [-0.2, -0.15) is 0 Å². The van der Waals surface area contributed by atoms with Gasteiger partial charge in [-0.15, -0.1) is 0 Å². The zero-order valence-corrected chi connectivity index (χ0v) is 23.9. The van der Waals surface area contributed by atoms with Crippen LogP contribution in [-0.4, -0.2) is 65.3 Å². The fourth-order valence-corrected chi connectivity index (χ4v) is 5.42. The topological polar surface area (TPSA) is 95.7 Å². The Morgan fingerprint density at radius 2 is 1.73 bits per heavy atom. The molecule has 40 heavy (non-hydrogen) atoms. The van der Waals surface area contributed by atoms with Crippen LogP contribution in [0.25, 0.3) is 10.8 Å². The predicted octanol–water partition coefficient (Wildman–Crippen LogP) is 3.85. The minimum atomic E-state index is -0.784. The fraction of sp³-hybridized carbons (Fsp3) is 0.364. The van der Waals surface area contributed by atoms with Crippen LogP contribution in [0.15, 0.2) is 84.4 Å². The average molecular weight is 541 g/mol. The summed E-state index contributed by atoms with van der Waals surface area (Å²) in [6, 6.07) is 22.4. The standard InChI is InChI=1S/C33H40N4O3/c1-23(22-33(2,3)34)18-30(38)36(4)29(21-25-14-15-26-12-8-9-13-27(26)19-25)32(40)37-17-16-35-31(39)28(37)20-24-10-6-5-7-11-24/h5-15,18-19,28-29H,16-17,20-22,34H2,1-4H3,(H,35,39)/b23-18+/t28-,29-/m1/s1. The maximum atomic E-state index is 14.3. The van der Waals surface area contributed by atoms with Gasteiger partial charge in [-0.25, -0.2) is 0 Å². The molecule has 1 saturated heterocycles. The molecule has 7 nitrogen and oxygen atoms in total. The van der Waals surface area contributed by atoms with Crippen molar-refractivity contribution in [3.05, 3.63) is 95.6 Å². The van der Waals surface area contributed by atoms with Gasteiger partial charge in [0.15, 0.2) is 0 Å². The number of carbonyl (C=O) groups excluding carboxylic acids is 3. The first-order valence-corrected chi connectivity index (χ1v) is 13.8. The number of benzene rings is 3. The van der Waals surface area contributed by atoms with Crippen LogP contribution in [0.4, 0.5) is 0 Å². The highest BCUT2D eigenvalue weighted by Crippen LogP contribution is 2.22. The summed E-state index contributed by atoms with van der Waals surface area (Å²) in [6.45, 7) is 6.47. The summed E-state index contributed by atoms with van der Waals surface area (Å²) in [5.74, 6) is -0.672. The molecule has 3 aromatic rings. The molecule has 0 aliphatic carbocycles. The molecule has 0 spiro atoms. The Morgan fingerprint density at radius 3 is 2.42 bits per heavy atom. The van der Waals surface area contributed by atoms with Gasteiger partial charge in [0.05, 0.1) is 0 Å². The molecule has 0 unspecified atom stereocenters. The molecule has 1 aliphatic heterocycles. The van der Waals surface area contributed by atoms with Crippen LogP contribution in [0, 0.1) is 0 Å². The molecule has 4 rings (SSSR count). The average Bonchev–Trinajstić information content (AvgIpc) is 2.91. The molecule has 3 amide bonds. The Balaban J connectivity index is 1.66. The Hall–Kier alpha value is -3.97. The molecule has 0 bridgehead atoms. The van der Waals surface area contributed by atoms with Crippen molar-refractivity contribution >= 4 is 28.5 Å².